The molecule has 1 aliphatic rings. The lowest BCUT2D eigenvalue weighted by molar-refractivity contribution is -0.172. The van der Waals surface area contributed by atoms with Gasteiger partial charge in [-0.1, -0.05) is 0 Å². The fourth-order valence-corrected chi connectivity index (χ4v) is 1.75. The van der Waals surface area contributed by atoms with Crippen LogP contribution in [0.4, 0.5) is 4.79 Å². The summed E-state index contributed by atoms with van der Waals surface area (Å²) in [5.41, 5.74) is -1.90. The van der Waals surface area contributed by atoms with Crippen LogP contribution in [0.3, 0.4) is 0 Å². The molecular weight excluding hydrogens is 238 g/mol. The molecule has 1 fully saturated rings. The number of hydrogen-bond acceptors (Lipinski definition) is 6. The number of ether oxygens (including phenoxy) is 3. The van der Waals surface area contributed by atoms with Gasteiger partial charge in [0, 0.05) is 13.0 Å². The smallest absolute Gasteiger partial charge is 0.428 e. The third-order valence-electron chi connectivity index (χ3n) is 2.40. The first-order chi connectivity index (χ1) is 8.29. The average molecular weight is 259 g/mol. The molecule has 0 amide bonds. The summed E-state index contributed by atoms with van der Waals surface area (Å²) in [6.45, 7) is 7.89. The molecule has 1 rings (SSSR count). The molecule has 0 aromatic carbocycles. The molecule has 0 unspecified atom stereocenters. The fourth-order valence-electron chi connectivity index (χ4n) is 1.75. The topological polar surface area (TPSA) is 73.9 Å². The lowest BCUT2D eigenvalue weighted by Gasteiger charge is -2.26. The van der Waals surface area contributed by atoms with E-state index in [4.69, 9.17) is 9.47 Å². The van der Waals surface area contributed by atoms with Crippen molar-refractivity contribution in [3.63, 3.8) is 0 Å². The SMILES string of the molecule is CCO[C@@]1(C(=O)OC(=O)OC(C)(C)C)CCCN1. The van der Waals surface area contributed by atoms with E-state index in [1.54, 1.807) is 27.7 Å². The summed E-state index contributed by atoms with van der Waals surface area (Å²) >= 11 is 0. The number of hydrogen-bond donors (Lipinski definition) is 1. The molecule has 1 heterocycles. The molecule has 1 aliphatic heterocycles. The predicted molar refractivity (Wildman–Crippen MR) is 63.9 cm³/mol. The maximum atomic E-state index is 11.9. The van der Waals surface area contributed by atoms with E-state index in [9.17, 15) is 9.59 Å². The van der Waals surface area contributed by atoms with Gasteiger partial charge in [0.2, 0.25) is 5.72 Å². The molecule has 0 spiro atoms. The quantitative estimate of drug-likeness (QED) is 0.612. The Morgan fingerprint density at radius 3 is 2.44 bits per heavy atom. The van der Waals surface area contributed by atoms with Crippen LogP contribution in [0.2, 0.25) is 0 Å². The second kappa shape index (κ2) is 5.67. The summed E-state index contributed by atoms with van der Waals surface area (Å²) in [4.78, 5) is 23.4. The first kappa shape index (κ1) is 14.9. The van der Waals surface area contributed by atoms with Crippen LogP contribution in [0.1, 0.15) is 40.5 Å². The zero-order chi connectivity index (χ0) is 13.8. The maximum Gasteiger partial charge on any atom is 0.516 e. The normalized spacial score (nSPS) is 23.8. The van der Waals surface area contributed by atoms with Gasteiger partial charge in [-0.25, -0.2) is 9.59 Å². The second-order valence-corrected chi connectivity index (χ2v) is 5.14. The highest BCUT2D eigenvalue weighted by Gasteiger charge is 2.45. The van der Waals surface area contributed by atoms with Crippen molar-refractivity contribution in [2.24, 2.45) is 0 Å². The van der Waals surface area contributed by atoms with Crippen LogP contribution >= 0.6 is 0 Å². The average Bonchev–Trinajstić information content (AvgIpc) is 2.64. The molecule has 0 radical (unpaired) electrons. The largest absolute Gasteiger partial charge is 0.516 e. The summed E-state index contributed by atoms with van der Waals surface area (Å²) in [6, 6.07) is 0. The molecule has 1 N–H and O–H groups in total. The van der Waals surface area contributed by atoms with Crippen LogP contribution in [0.25, 0.3) is 0 Å². The number of carbonyl (C=O) groups excluding carboxylic acids is 2. The van der Waals surface area contributed by atoms with E-state index in [0.29, 0.717) is 19.6 Å². The third kappa shape index (κ3) is 3.96. The minimum Gasteiger partial charge on any atom is -0.428 e. The second-order valence-electron chi connectivity index (χ2n) is 5.14. The van der Waals surface area contributed by atoms with Crippen LogP contribution in [0.15, 0.2) is 0 Å². The summed E-state index contributed by atoms with van der Waals surface area (Å²) in [6.07, 6.45) is 0.284. The lowest BCUT2D eigenvalue weighted by Crippen LogP contribution is -2.51. The van der Waals surface area contributed by atoms with Gasteiger partial charge in [-0.05, 0) is 40.7 Å². The Morgan fingerprint density at radius 2 is 2.00 bits per heavy atom. The zero-order valence-corrected chi connectivity index (χ0v) is 11.4. The van der Waals surface area contributed by atoms with Crippen molar-refractivity contribution in [2.75, 3.05) is 13.2 Å². The maximum absolute atomic E-state index is 11.9. The van der Waals surface area contributed by atoms with Crippen molar-refractivity contribution in [1.82, 2.24) is 5.32 Å². The van der Waals surface area contributed by atoms with Gasteiger partial charge in [0.15, 0.2) is 0 Å². The van der Waals surface area contributed by atoms with E-state index >= 15 is 0 Å². The number of carbonyl (C=O) groups is 2. The van der Waals surface area contributed by atoms with Crippen molar-refractivity contribution in [2.45, 2.75) is 51.9 Å². The Hall–Kier alpha value is -1.14. The number of rotatable bonds is 3. The summed E-state index contributed by atoms with van der Waals surface area (Å²) in [7, 11) is 0. The van der Waals surface area contributed by atoms with E-state index in [1.165, 1.54) is 0 Å². The molecular formula is C12H21NO5. The minimum absolute atomic E-state index is 0.358. The van der Waals surface area contributed by atoms with E-state index in [-0.39, 0.29) is 0 Å². The highest BCUT2D eigenvalue weighted by atomic mass is 16.8. The van der Waals surface area contributed by atoms with Crippen molar-refractivity contribution >= 4 is 12.1 Å². The van der Waals surface area contributed by atoms with E-state index < -0.39 is 23.5 Å². The molecule has 6 heteroatoms. The molecule has 18 heavy (non-hydrogen) atoms. The summed E-state index contributed by atoms with van der Waals surface area (Å²) in [5.74, 6) is -0.740. The Morgan fingerprint density at radius 1 is 1.33 bits per heavy atom. The predicted octanol–water partition coefficient (Wildman–Crippen LogP) is 1.58. The van der Waals surface area contributed by atoms with Gasteiger partial charge >= 0.3 is 12.1 Å². The molecule has 104 valence electrons. The van der Waals surface area contributed by atoms with Gasteiger partial charge in [-0.2, -0.15) is 0 Å². The first-order valence-corrected chi connectivity index (χ1v) is 6.13. The van der Waals surface area contributed by atoms with E-state index in [1.807, 2.05) is 0 Å². The molecule has 1 atom stereocenters. The highest BCUT2D eigenvalue weighted by Crippen LogP contribution is 2.23. The van der Waals surface area contributed by atoms with Crippen LogP contribution in [-0.2, 0) is 19.0 Å². The number of esters is 1. The third-order valence-corrected chi connectivity index (χ3v) is 2.40. The van der Waals surface area contributed by atoms with E-state index in [0.717, 1.165) is 6.42 Å². The summed E-state index contributed by atoms with van der Waals surface area (Å²) in [5, 5.41) is 2.93. The molecule has 0 aromatic rings. The van der Waals surface area contributed by atoms with Crippen molar-refractivity contribution in [3.8, 4) is 0 Å². The molecule has 6 nitrogen and oxygen atoms in total. The Kier molecular flexibility index (Phi) is 4.70. The fraction of sp³-hybridized carbons (Fsp3) is 0.833. The first-order valence-electron chi connectivity index (χ1n) is 6.13. The van der Waals surface area contributed by atoms with Crippen molar-refractivity contribution in [3.05, 3.63) is 0 Å². The molecule has 0 bridgehead atoms. The standard InChI is InChI=1S/C12H21NO5/c1-5-16-12(7-6-8-13-12)9(14)17-10(15)18-11(2,3)4/h13H,5-8H2,1-4H3/t12-/m1/s1. The molecule has 0 saturated carbocycles. The van der Waals surface area contributed by atoms with Gasteiger partial charge in [-0.3, -0.25) is 5.32 Å². The van der Waals surface area contributed by atoms with Gasteiger partial charge in [0.25, 0.3) is 0 Å². The van der Waals surface area contributed by atoms with Gasteiger partial charge in [0.05, 0.1) is 0 Å². The van der Waals surface area contributed by atoms with Crippen LogP contribution in [0, 0.1) is 0 Å². The van der Waals surface area contributed by atoms with Crippen LogP contribution < -0.4 is 5.32 Å². The van der Waals surface area contributed by atoms with Gasteiger partial charge in [-0.15, -0.1) is 0 Å². The molecule has 0 aromatic heterocycles. The summed E-state index contributed by atoms with van der Waals surface area (Å²) < 4.78 is 15.0. The molecule has 1 saturated heterocycles. The van der Waals surface area contributed by atoms with E-state index in [2.05, 4.69) is 10.1 Å². The lowest BCUT2D eigenvalue weighted by atomic mass is 10.1. The minimum atomic E-state index is -1.20. The number of nitrogens with one attached hydrogen (secondary N) is 1. The van der Waals surface area contributed by atoms with Crippen LogP contribution in [0.5, 0.6) is 0 Å². The Bertz CT molecular complexity index is 315. The Labute approximate surface area is 107 Å². The van der Waals surface area contributed by atoms with Crippen molar-refractivity contribution in [1.29, 1.82) is 0 Å². The van der Waals surface area contributed by atoms with Gasteiger partial charge < -0.3 is 14.2 Å². The zero-order valence-electron chi connectivity index (χ0n) is 11.4. The van der Waals surface area contributed by atoms with Gasteiger partial charge in [0.1, 0.15) is 5.60 Å². The van der Waals surface area contributed by atoms with Crippen LogP contribution in [-0.4, -0.2) is 36.6 Å². The monoisotopic (exact) mass is 259 g/mol. The molecule has 0 aliphatic carbocycles. The van der Waals surface area contributed by atoms with Crippen molar-refractivity contribution < 1.29 is 23.8 Å². The highest BCUT2D eigenvalue weighted by molar-refractivity contribution is 5.88. The Balaban J connectivity index is 2.60.